The lowest BCUT2D eigenvalue weighted by Crippen LogP contribution is -2.49. The second-order valence-corrected chi connectivity index (χ2v) is 6.06. The quantitative estimate of drug-likeness (QED) is 0.778. The molecule has 0 aliphatic rings. The summed E-state index contributed by atoms with van der Waals surface area (Å²) >= 11 is 1.40. The van der Waals surface area contributed by atoms with Crippen molar-refractivity contribution in [1.82, 2.24) is 4.98 Å². The van der Waals surface area contributed by atoms with Gasteiger partial charge in [-0.15, -0.1) is 11.3 Å². The van der Waals surface area contributed by atoms with Gasteiger partial charge in [0.15, 0.2) is 5.54 Å². The van der Waals surface area contributed by atoms with Gasteiger partial charge < -0.3 is 11.5 Å². The minimum absolute atomic E-state index is 0.516. The summed E-state index contributed by atoms with van der Waals surface area (Å²) in [4.78, 5) is 16.5. The van der Waals surface area contributed by atoms with Crippen LogP contribution < -0.4 is 11.5 Å². The van der Waals surface area contributed by atoms with E-state index in [9.17, 15) is 4.79 Å². The van der Waals surface area contributed by atoms with E-state index in [1.54, 1.807) is 12.1 Å². The second-order valence-electron chi connectivity index (χ2n) is 5.03. The fourth-order valence-corrected chi connectivity index (χ4v) is 3.47. The Morgan fingerprint density at radius 1 is 1.19 bits per heavy atom. The minimum Gasteiger partial charge on any atom is -0.367 e. The molecule has 1 atom stereocenters. The van der Waals surface area contributed by atoms with Crippen molar-refractivity contribution in [3.8, 4) is 0 Å². The number of carbonyl (C=O) groups excluding carboxylic acids is 1. The van der Waals surface area contributed by atoms with Gasteiger partial charge in [-0.3, -0.25) is 4.79 Å². The number of thiazole rings is 1. The third-order valence-corrected chi connectivity index (χ3v) is 4.65. The van der Waals surface area contributed by atoms with Crippen molar-refractivity contribution in [2.45, 2.75) is 12.5 Å². The number of aryl methyl sites for hydroxylation is 1. The Kier molecular flexibility index (Phi) is 3.23. The van der Waals surface area contributed by atoms with Crippen LogP contribution in [0.2, 0.25) is 0 Å². The van der Waals surface area contributed by atoms with E-state index in [-0.39, 0.29) is 0 Å². The van der Waals surface area contributed by atoms with Crippen molar-refractivity contribution in [2.75, 3.05) is 0 Å². The van der Waals surface area contributed by atoms with Crippen LogP contribution in [-0.2, 0) is 10.3 Å². The molecule has 0 saturated carbocycles. The first-order chi connectivity index (χ1) is 10.0. The third kappa shape index (κ3) is 2.20. The molecule has 1 amide bonds. The first kappa shape index (κ1) is 13.7. The molecule has 4 nitrogen and oxygen atoms in total. The Balaban J connectivity index is 2.22. The van der Waals surface area contributed by atoms with Crippen LogP contribution in [0.3, 0.4) is 0 Å². The maximum absolute atomic E-state index is 12.0. The number of hydrogen-bond donors (Lipinski definition) is 2. The summed E-state index contributed by atoms with van der Waals surface area (Å²) in [5.74, 6) is -0.607. The molecular formula is C16H15N3OS. The van der Waals surface area contributed by atoms with Gasteiger partial charge in [0.25, 0.3) is 0 Å². The Hall–Kier alpha value is -2.24. The summed E-state index contributed by atoms with van der Waals surface area (Å²) in [5, 5.41) is 0.516. The average Bonchev–Trinajstić information content (AvgIpc) is 2.90. The Bertz CT molecular complexity index is 813. The maximum Gasteiger partial charge on any atom is 0.249 e. The maximum atomic E-state index is 12.0. The van der Waals surface area contributed by atoms with E-state index >= 15 is 0 Å². The minimum atomic E-state index is -1.40. The van der Waals surface area contributed by atoms with Gasteiger partial charge in [-0.05, 0) is 30.2 Å². The molecule has 0 bridgehead atoms. The summed E-state index contributed by atoms with van der Waals surface area (Å²) in [6.07, 6.45) is 0. The fraction of sp³-hybridized carbons (Fsp3) is 0.125. The number of carbonyl (C=O) groups is 1. The van der Waals surface area contributed by atoms with Gasteiger partial charge in [-0.2, -0.15) is 0 Å². The van der Waals surface area contributed by atoms with Crippen LogP contribution in [0.4, 0.5) is 0 Å². The third-order valence-electron chi connectivity index (χ3n) is 3.50. The predicted octanol–water partition coefficient (Wildman–Crippen LogP) is 2.29. The van der Waals surface area contributed by atoms with Crippen LogP contribution in [-0.4, -0.2) is 10.9 Å². The molecule has 0 aliphatic carbocycles. The average molecular weight is 297 g/mol. The van der Waals surface area contributed by atoms with Gasteiger partial charge in [-0.25, -0.2) is 4.98 Å². The highest BCUT2D eigenvalue weighted by Gasteiger charge is 2.39. The summed E-state index contributed by atoms with van der Waals surface area (Å²) < 4.78 is 0.997. The Labute approximate surface area is 126 Å². The van der Waals surface area contributed by atoms with Gasteiger partial charge in [0.05, 0.1) is 10.2 Å². The van der Waals surface area contributed by atoms with Crippen LogP contribution >= 0.6 is 11.3 Å². The van der Waals surface area contributed by atoms with E-state index in [0.717, 1.165) is 15.8 Å². The van der Waals surface area contributed by atoms with Gasteiger partial charge >= 0.3 is 0 Å². The van der Waals surface area contributed by atoms with E-state index in [1.165, 1.54) is 11.3 Å². The van der Waals surface area contributed by atoms with Crippen LogP contribution in [0.15, 0.2) is 48.5 Å². The predicted molar refractivity (Wildman–Crippen MR) is 85.0 cm³/mol. The van der Waals surface area contributed by atoms with Crippen LogP contribution in [0.1, 0.15) is 16.1 Å². The lowest BCUT2D eigenvalue weighted by molar-refractivity contribution is -0.122. The lowest BCUT2D eigenvalue weighted by Gasteiger charge is -2.23. The van der Waals surface area contributed by atoms with Gasteiger partial charge in [0, 0.05) is 0 Å². The largest absolute Gasteiger partial charge is 0.367 e. The lowest BCUT2D eigenvalue weighted by atomic mass is 9.91. The molecule has 0 saturated heterocycles. The van der Waals surface area contributed by atoms with E-state index in [2.05, 4.69) is 4.98 Å². The van der Waals surface area contributed by atoms with E-state index in [4.69, 9.17) is 11.5 Å². The molecule has 3 aromatic rings. The topological polar surface area (TPSA) is 82.0 Å². The van der Waals surface area contributed by atoms with Crippen molar-refractivity contribution in [1.29, 1.82) is 0 Å². The molecule has 21 heavy (non-hydrogen) atoms. The van der Waals surface area contributed by atoms with Crippen molar-refractivity contribution in [3.63, 3.8) is 0 Å². The molecule has 4 N–H and O–H groups in total. The monoisotopic (exact) mass is 297 g/mol. The molecule has 1 aromatic heterocycles. The second kappa shape index (κ2) is 4.95. The highest BCUT2D eigenvalue weighted by molar-refractivity contribution is 7.18. The molecule has 3 rings (SSSR count). The molecule has 0 aliphatic heterocycles. The summed E-state index contributed by atoms with van der Waals surface area (Å²) in [7, 11) is 0. The molecule has 0 radical (unpaired) electrons. The van der Waals surface area contributed by atoms with E-state index in [1.807, 2.05) is 43.3 Å². The first-order valence-electron chi connectivity index (χ1n) is 6.54. The molecule has 5 heteroatoms. The SMILES string of the molecule is Cc1ccc2nc([C@](N)(C(N)=O)c3ccccc3)sc2c1. The van der Waals surface area contributed by atoms with Gasteiger partial charge in [0.2, 0.25) is 5.91 Å². The zero-order chi connectivity index (χ0) is 15.0. The molecule has 2 aromatic carbocycles. The number of nitrogens with two attached hydrogens (primary N) is 2. The number of aromatic nitrogens is 1. The first-order valence-corrected chi connectivity index (χ1v) is 7.35. The highest BCUT2D eigenvalue weighted by atomic mass is 32.1. The number of rotatable bonds is 3. The number of benzene rings is 2. The van der Waals surface area contributed by atoms with Crippen molar-refractivity contribution in [2.24, 2.45) is 11.5 Å². The van der Waals surface area contributed by atoms with Crippen LogP contribution in [0, 0.1) is 6.92 Å². The normalized spacial score (nSPS) is 14.0. The van der Waals surface area contributed by atoms with Crippen molar-refractivity contribution >= 4 is 27.5 Å². The molecule has 106 valence electrons. The number of nitrogens with zero attached hydrogens (tertiary/aromatic N) is 1. The van der Waals surface area contributed by atoms with Crippen LogP contribution in [0.5, 0.6) is 0 Å². The zero-order valence-electron chi connectivity index (χ0n) is 11.5. The zero-order valence-corrected chi connectivity index (χ0v) is 12.4. The Morgan fingerprint density at radius 2 is 1.90 bits per heavy atom. The number of amides is 1. The van der Waals surface area contributed by atoms with E-state index in [0.29, 0.717) is 10.6 Å². The molecule has 1 heterocycles. The molecule has 0 unspecified atom stereocenters. The molecule has 0 spiro atoms. The number of hydrogen-bond acceptors (Lipinski definition) is 4. The summed E-state index contributed by atoms with van der Waals surface area (Å²) in [6, 6.07) is 15.1. The van der Waals surface area contributed by atoms with Gasteiger partial charge in [-0.1, -0.05) is 36.4 Å². The Morgan fingerprint density at radius 3 is 2.57 bits per heavy atom. The standard InChI is InChI=1S/C16H15N3OS/c1-10-7-8-12-13(9-10)21-15(19-12)16(18,14(17)20)11-5-3-2-4-6-11/h2-9H,18H2,1H3,(H2,17,20)/t16-/m1/s1. The molecule has 0 fully saturated rings. The highest BCUT2D eigenvalue weighted by Crippen LogP contribution is 2.33. The van der Waals surface area contributed by atoms with Crippen LogP contribution in [0.25, 0.3) is 10.2 Å². The smallest absolute Gasteiger partial charge is 0.249 e. The number of fused-ring (bicyclic) bond motifs is 1. The van der Waals surface area contributed by atoms with Crippen molar-refractivity contribution in [3.05, 3.63) is 64.7 Å². The molecular weight excluding hydrogens is 282 g/mol. The van der Waals surface area contributed by atoms with Crippen molar-refractivity contribution < 1.29 is 4.79 Å². The summed E-state index contributed by atoms with van der Waals surface area (Å²) in [5.41, 5.74) is 13.2. The fourth-order valence-electron chi connectivity index (χ4n) is 2.27. The van der Waals surface area contributed by atoms with E-state index < -0.39 is 11.4 Å². The van der Waals surface area contributed by atoms with Gasteiger partial charge in [0.1, 0.15) is 5.01 Å². The summed E-state index contributed by atoms with van der Waals surface area (Å²) in [6.45, 7) is 2.01. The number of primary amides is 1.